The van der Waals surface area contributed by atoms with E-state index in [0.29, 0.717) is 0 Å². The topological polar surface area (TPSA) is 12.0 Å². The molecule has 0 aliphatic carbocycles. The standard InChI is InChI=1S/C16H13ClFNS/c1-10(11-2-4-14(17)15(18)9-11)19-13-3-5-16-12(8-13)6-7-20-16/h2-10,19H,1H3. The van der Waals surface area contributed by atoms with E-state index in [1.54, 1.807) is 17.4 Å². The minimum Gasteiger partial charge on any atom is -0.379 e. The third kappa shape index (κ3) is 2.65. The second-order valence-electron chi connectivity index (χ2n) is 4.71. The van der Waals surface area contributed by atoms with Gasteiger partial charge in [0.05, 0.1) is 5.02 Å². The Hall–Kier alpha value is -1.58. The average Bonchev–Trinajstić information content (AvgIpc) is 2.89. The minimum absolute atomic E-state index is 0.0119. The van der Waals surface area contributed by atoms with Gasteiger partial charge in [0.1, 0.15) is 5.82 Å². The van der Waals surface area contributed by atoms with Gasteiger partial charge in [0.15, 0.2) is 0 Å². The molecule has 0 spiro atoms. The lowest BCUT2D eigenvalue weighted by atomic mass is 10.1. The predicted octanol–water partition coefficient (Wildman–Crippen LogP) is 5.87. The molecule has 0 aliphatic rings. The normalized spacial score (nSPS) is 12.6. The van der Waals surface area contributed by atoms with Gasteiger partial charge in [-0.2, -0.15) is 0 Å². The largest absolute Gasteiger partial charge is 0.379 e. The van der Waals surface area contributed by atoms with Crippen LogP contribution < -0.4 is 5.32 Å². The van der Waals surface area contributed by atoms with Crippen LogP contribution in [0.3, 0.4) is 0 Å². The van der Waals surface area contributed by atoms with E-state index < -0.39 is 0 Å². The van der Waals surface area contributed by atoms with E-state index >= 15 is 0 Å². The highest BCUT2D eigenvalue weighted by Crippen LogP contribution is 2.27. The Balaban J connectivity index is 1.83. The molecule has 1 aromatic heterocycles. The van der Waals surface area contributed by atoms with E-state index in [9.17, 15) is 4.39 Å². The Morgan fingerprint density at radius 3 is 2.80 bits per heavy atom. The van der Waals surface area contributed by atoms with Crippen LogP contribution in [-0.2, 0) is 0 Å². The highest BCUT2D eigenvalue weighted by molar-refractivity contribution is 7.17. The van der Waals surface area contributed by atoms with E-state index in [0.717, 1.165) is 11.3 Å². The molecule has 0 saturated carbocycles. The molecule has 1 atom stereocenters. The van der Waals surface area contributed by atoms with Gasteiger partial charge < -0.3 is 5.32 Å². The number of halogens is 2. The predicted molar refractivity (Wildman–Crippen MR) is 85.3 cm³/mol. The lowest BCUT2D eigenvalue weighted by Crippen LogP contribution is -2.06. The quantitative estimate of drug-likeness (QED) is 0.638. The summed E-state index contributed by atoms with van der Waals surface area (Å²) >= 11 is 7.43. The first-order valence-corrected chi connectivity index (χ1v) is 7.58. The number of hydrogen-bond donors (Lipinski definition) is 1. The van der Waals surface area contributed by atoms with Crippen molar-refractivity contribution in [3.8, 4) is 0 Å². The van der Waals surface area contributed by atoms with E-state index in [-0.39, 0.29) is 16.9 Å². The first-order chi connectivity index (χ1) is 9.63. The zero-order valence-corrected chi connectivity index (χ0v) is 12.4. The van der Waals surface area contributed by atoms with Gasteiger partial charge in [0.25, 0.3) is 0 Å². The number of hydrogen-bond acceptors (Lipinski definition) is 2. The molecule has 2 aromatic carbocycles. The summed E-state index contributed by atoms with van der Waals surface area (Å²) in [7, 11) is 0. The van der Waals surface area contributed by atoms with Crippen LogP contribution in [0, 0.1) is 5.82 Å². The van der Waals surface area contributed by atoms with Gasteiger partial charge in [-0.1, -0.05) is 17.7 Å². The molecule has 0 amide bonds. The Kier molecular flexibility index (Phi) is 3.64. The Morgan fingerprint density at radius 2 is 2.00 bits per heavy atom. The maximum atomic E-state index is 13.5. The average molecular weight is 306 g/mol. The summed E-state index contributed by atoms with van der Waals surface area (Å²) in [6.07, 6.45) is 0. The van der Waals surface area contributed by atoms with Gasteiger partial charge in [-0.05, 0) is 59.7 Å². The van der Waals surface area contributed by atoms with Crippen LogP contribution in [0.4, 0.5) is 10.1 Å². The molecule has 20 heavy (non-hydrogen) atoms. The van der Waals surface area contributed by atoms with Gasteiger partial charge in [-0.25, -0.2) is 4.39 Å². The van der Waals surface area contributed by atoms with Crippen molar-refractivity contribution in [3.05, 3.63) is 64.2 Å². The lowest BCUT2D eigenvalue weighted by Gasteiger charge is -2.16. The van der Waals surface area contributed by atoms with Crippen LogP contribution in [-0.4, -0.2) is 0 Å². The van der Waals surface area contributed by atoms with Crippen molar-refractivity contribution in [2.45, 2.75) is 13.0 Å². The zero-order valence-electron chi connectivity index (χ0n) is 10.9. The van der Waals surface area contributed by atoms with E-state index in [4.69, 9.17) is 11.6 Å². The molecule has 1 heterocycles. The number of rotatable bonds is 3. The molecule has 0 fully saturated rings. The summed E-state index contributed by atoms with van der Waals surface area (Å²) in [5, 5.41) is 6.83. The molecule has 1 unspecified atom stereocenters. The maximum absolute atomic E-state index is 13.5. The number of benzene rings is 2. The third-order valence-electron chi connectivity index (χ3n) is 3.28. The van der Waals surface area contributed by atoms with E-state index in [1.165, 1.54) is 16.2 Å². The van der Waals surface area contributed by atoms with Gasteiger partial charge in [0.2, 0.25) is 0 Å². The third-order valence-corrected chi connectivity index (χ3v) is 4.48. The zero-order chi connectivity index (χ0) is 14.1. The molecular weight excluding hydrogens is 293 g/mol. The van der Waals surface area contributed by atoms with Crippen LogP contribution in [0.5, 0.6) is 0 Å². The summed E-state index contributed by atoms with van der Waals surface area (Å²) in [6, 6.07) is 13.3. The van der Waals surface area contributed by atoms with Crippen LogP contribution >= 0.6 is 22.9 Å². The SMILES string of the molecule is CC(Nc1ccc2sccc2c1)c1ccc(Cl)c(F)c1. The summed E-state index contributed by atoms with van der Waals surface area (Å²) in [5.74, 6) is -0.383. The monoisotopic (exact) mass is 305 g/mol. The number of fused-ring (bicyclic) bond motifs is 1. The van der Waals surface area contributed by atoms with Crippen LogP contribution in [0.15, 0.2) is 47.8 Å². The molecule has 3 rings (SSSR count). The van der Waals surface area contributed by atoms with Crippen molar-refractivity contribution in [3.63, 3.8) is 0 Å². The number of thiophene rings is 1. The first kappa shape index (κ1) is 13.4. The Morgan fingerprint density at radius 1 is 1.15 bits per heavy atom. The highest BCUT2D eigenvalue weighted by Gasteiger charge is 2.09. The molecule has 1 nitrogen and oxygen atoms in total. The summed E-state index contributed by atoms with van der Waals surface area (Å²) in [6.45, 7) is 2.00. The van der Waals surface area contributed by atoms with Crippen LogP contribution in [0.1, 0.15) is 18.5 Å². The Bertz CT molecular complexity index is 753. The van der Waals surface area contributed by atoms with E-state index in [2.05, 4.69) is 28.9 Å². The fraction of sp³-hybridized carbons (Fsp3) is 0.125. The van der Waals surface area contributed by atoms with Gasteiger partial charge in [0, 0.05) is 16.4 Å². The van der Waals surface area contributed by atoms with Gasteiger partial charge >= 0.3 is 0 Å². The van der Waals surface area contributed by atoms with Gasteiger partial charge in [-0.3, -0.25) is 0 Å². The fourth-order valence-electron chi connectivity index (χ4n) is 2.17. The Labute approximate surface area is 126 Å². The van der Waals surface area contributed by atoms with Crippen molar-refractivity contribution in [2.24, 2.45) is 0 Å². The molecule has 0 aliphatic heterocycles. The van der Waals surface area contributed by atoms with Crippen LogP contribution in [0.25, 0.3) is 10.1 Å². The molecule has 102 valence electrons. The molecule has 0 saturated heterocycles. The number of nitrogens with one attached hydrogen (secondary N) is 1. The number of anilines is 1. The summed E-state index contributed by atoms with van der Waals surface area (Å²) in [4.78, 5) is 0. The summed E-state index contributed by atoms with van der Waals surface area (Å²) in [5.41, 5.74) is 1.90. The molecule has 4 heteroatoms. The maximum Gasteiger partial charge on any atom is 0.142 e. The van der Waals surface area contributed by atoms with Crippen molar-refractivity contribution in [2.75, 3.05) is 5.32 Å². The van der Waals surface area contributed by atoms with Crippen molar-refractivity contribution in [1.29, 1.82) is 0 Å². The second-order valence-corrected chi connectivity index (χ2v) is 6.07. The second kappa shape index (κ2) is 5.43. The fourth-order valence-corrected chi connectivity index (χ4v) is 3.06. The van der Waals surface area contributed by atoms with Crippen molar-refractivity contribution < 1.29 is 4.39 Å². The minimum atomic E-state index is -0.383. The molecular formula is C16H13ClFNS. The first-order valence-electron chi connectivity index (χ1n) is 6.32. The molecule has 0 radical (unpaired) electrons. The molecule has 0 bridgehead atoms. The van der Waals surface area contributed by atoms with Gasteiger partial charge in [-0.15, -0.1) is 11.3 Å². The van der Waals surface area contributed by atoms with Crippen molar-refractivity contribution in [1.82, 2.24) is 0 Å². The van der Waals surface area contributed by atoms with Crippen LogP contribution in [0.2, 0.25) is 5.02 Å². The smallest absolute Gasteiger partial charge is 0.142 e. The molecule has 1 N–H and O–H groups in total. The summed E-state index contributed by atoms with van der Waals surface area (Å²) < 4.78 is 14.8. The van der Waals surface area contributed by atoms with Crippen molar-refractivity contribution >= 4 is 38.7 Å². The molecule has 3 aromatic rings. The highest BCUT2D eigenvalue weighted by atomic mass is 35.5. The lowest BCUT2D eigenvalue weighted by molar-refractivity contribution is 0.624. The van der Waals surface area contributed by atoms with E-state index in [1.807, 2.05) is 19.1 Å².